The molecule has 2 saturated heterocycles. The van der Waals surface area contributed by atoms with Crippen LogP contribution < -0.4 is 35.5 Å². The fourth-order valence-electron chi connectivity index (χ4n) is 13.5. The van der Waals surface area contributed by atoms with Gasteiger partial charge in [-0.15, -0.1) is 20.4 Å². The number of ketones is 2. The minimum atomic E-state index is -3.94. The van der Waals surface area contributed by atoms with Crippen LogP contribution in [0.25, 0.3) is 64.9 Å². The Bertz CT molecular complexity index is 6120. The van der Waals surface area contributed by atoms with Crippen LogP contribution in [0.1, 0.15) is 18.1 Å². The molecule has 0 saturated carbocycles. The number of imidazole rings is 4. The molecule has 44 nitrogen and oxygen atoms in total. The van der Waals surface area contributed by atoms with E-state index in [9.17, 15) is 73.3 Å². The van der Waals surface area contributed by atoms with Crippen LogP contribution >= 0.6 is 71.1 Å². The second kappa shape index (κ2) is 49.9. The van der Waals surface area contributed by atoms with Gasteiger partial charge in [0.15, 0.2) is 11.6 Å². The molecule has 8 aromatic heterocycles. The molecule has 2 unspecified atom stereocenters. The van der Waals surface area contributed by atoms with Gasteiger partial charge in [-0.3, -0.25) is 71.2 Å². The van der Waals surface area contributed by atoms with E-state index in [1.165, 1.54) is 18.1 Å². The van der Waals surface area contributed by atoms with Crippen molar-refractivity contribution in [1.82, 2.24) is 97.6 Å². The summed E-state index contributed by atoms with van der Waals surface area (Å²) < 4.78 is 99.8. The first-order chi connectivity index (χ1) is 61.9. The predicted octanol–water partition coefficient (Wildman–Crippen LogP) is 1.32. The molecule has 2 atom stereocenters. The Morgan fingerprint density at radius 1 is 0.458 bits per heavy atom. The van der Waals surface area contributed by atoms with Gasteiger partial charge in [0, 0.05) is 180 Å². The second-order valence-corrected chi connectivity index (χ2v) is 52.6. The summed E-state index contributed by atoms with van der Waals surface area (Å²) in [6.45, 7) is 11.3. The SMILES string of the molecule is CCN1CCN(CC(=O)Cc2ccc(-c3cn4nc(NS(=O)[O-])sc4n3)cc2)CCN(CC(=O)[O-])CCN(CC(=O)Nc2ccc(-c3cn4nc(S(N)(=O)=O)sc4n3)cc2)CC1.CN1CCN(CC(=O)Cc2ccc(-c3cn4nc(NS(=O)[O-])sc4n3)cc2)CCN(CC(=O)O)CCN(CC(=O)Nc2ccc(-c3cn4nc(S(N)(=O)=O)sc4n3)cc2)CC1.O=C=O.[111In+3].[Cl][111In]([Cl])[Cl]. The zero-order valence-corrected chi connectivity index (χ0v) is 85.2. The van der Waals surface area contributed by atoms with E-state index in [2.05, 4.69) is 86.9 Å². The zero-order chi connectivity index (χ0) is 93.5. The van der Waals surface area contributed by atoms with Crippen molar-refractivity contribution in [1.29, 1.82) is 0 Å². The van der Waals surface area contributed by atoms with Crippen molar-refractivity contribution in [3.63, 3.8) is 0 Å². The number of likely N-dealkylation sites (N-methyl/N-ethyl adjacent to an activating group) is 2. The standard InChI is InChI=1S/C37H45N13O8S4.C36H43N13O8S4.CO2.3ClH.2In/c1-2-45-11-13-46(20-29(51)19-25-3-5-26(6-4-25)30-21-49-35(40-30)59-34(42-49)44-61(55)56)15-17-48(24-33(53)54)18-16-47(14-12-45)23-32(52)39-28-9-7-27(8-10-28)31-22-50-36(41-31)60-37(43-50)62(38,57)58;1-44-10-12-45(19-28(50)18-24-2-4-25(5-3-24)29-20-48-34(39-29)58-33(41-48)43-60(54)55)14-16-47(23-32(52)53)17-15-46(13-11-44)22-31(51)38-27-8-6-26(7-9-27)30-21-49-35(40-30)59-36(42-49)61(37,56)57;2-1-3;;;;;/h3-10,21-22H,2,11-20,23-24H2,1H3,(H,39,52)(H,42,44)(H,53,54)(H,55,56)(H2,38,57,58);2-9,20-21H,10-19,22-23H2,1H3,(H,38,51)(H,41,43)(H,52,53)(H,54,55)(H2,37,56,57);;3*1H;;/q;;;;;;2*+3/p-6/i;;;;;;2*1-4. The summed E-state index contributed by atoms with van der Waals surface area (Å²) in [7, 11) is 9.17. The molecule has 2 fully saturated rings. The number of aliphatic carboxylic acids is 2. The van der Waals surface area contributed by atoms with E-state index < -0.39 is 72.4 Å². The maximum atomic E-state index is 13.4. The average molecular weight is 2210 g/mol. The fraction of sp³-hybridized carbons (Fsp3) is 0.365. The van der Waals surface area contributed by atoms with E-state index in [1.807, 2.05) is 70.3 Å². The number of carbonyl (C=O) groups is 6. The Morgan fingerprint density at radius 3 is 1.02 bits per heavy atom. The van der Waals surface area contributed by atoms with Crippen molar-refractivity contribution in [3.05, 3.63) is 133 Å². The van der Waals surface area contributed by atoms with Crippen LogP contribution in [0.2, 0.25) is 0 Å². The van der Waals surface area contributed by atoms with Crippen LogP contribution in [0.4, 0.5) is 21.6 Å². The summed E-state index contributed by atoms with van der Waals surface area (Å²) in [6.07, 6.45) is 7.29. The normalized spacial score (nSPS) is 15.5. The van der Waals surface area contributed by atoms with Crippen LogP contribution in [0.15, 0.2) is 131 Å². The number of hydrogen-bond acceptors (Lipinski definition) is 37. The monoisotopic (exact) mass is 2210 g/mol. The van der Waals surface area contributed by atoms with Crippen molar-refractivity contribution in [2.45, 2.75) is 28.4 Å². The van der Waals surface area contributed by atoms with E-state index in [0.29, 0.717) is 159 Å². The number of carboxylic acids is 2. The third kappa shape index (κ3) is 33.1. The van der Waals surface area contributed by atoms with Crippen molar-refractivity contribution in [3.8, 4) is 45.0 Å². The molecular formula is C74H85Cl3In2N26O18S8. The number of primary sulfonamides is 2. The summed E-state index contributed by atoms with van der Waals surface area (Å²) in [4.78, 5) is 129. The number of anilines is 4. The number of benzene rings is 4. The van der Waals surface area contributed by atoms with E-state index in [4.69, 9.17) is 45.6 Å². The number of carbonyl (C=O) groups excluding carboxylic acids is 7. The molecule has 2 aliphatic heterocycles. The Kier molecular flexibility index (Phi) is 39.9. The topological polar surface area (TPSA) is 575 Å². The number of sulfonamides is 2. The van der Waals surface area contributed by atoms with E-state index >= 15 is 0 Å². The van der Waals surface area contributed by atoms with Gasteiger partial charge in [0.2, 0.25) is 50.6 Å². The van der Waals surface area contributed by atoms with Gasteiger partial charge in [-0.25, -0.2) is 65.1 Å². The van der Waals surface area contributed by atoms with Gasteiger partial charge < -0.3 is 44.5 Å². The third-order valence-corrected chi connectivity index (χ3v) is 27.0. The quantitative estimate of drug-likeness (QED) is 0.0325. The molecule has 2 amide bonds. The Morgan fingerprint density at radius 2 is 0.733 bits per heavy atom. The number of aromatic nitrogens is 12. The molecule has 0 aliphatic carbocycles. The van der Waals surface area contributed by atoms with Crippen LogP contribution in [0.3, 0.4) is 0 Å². The molecular weight excluding hydrogens is 2130 g/mol. The molecule has 0 bridgehead atoms. The molecule has 0 radical (unpaired) electrons. The van der Waals surface area contributed by atoms with Crippen molar-refractivity contribution in [2.75, 3.05) is 178 Å². The number of nitrogens with one attached hydrogen (secondary N) is 4. The van der Waals surface area contributed by atoms with Gasteiger partial charge in [-0.1, -0.05) is 125 Å². The van der Waals surface area contributed by atoms with Crippen LogP contribution in [-0.2, 0) is 93.8 Å². The minimum absolute atomic E-state index is 0. The molecule has 14 rings (SSSR count). The van der Waals surface area contributed by atoms with Crippen LogP contribution in [0, 0.1) is 0 Å². The first-order valence-electron chi connectivity index (χ1n) is 39.3. The van der Waals surface area contributed by atoms with Gasteiger partial charge in [-0.05, 0) is 49.0 Å². The zero-order valence-electron chi connectivity index (χ0n) is 69.8. The number of halogens is 3. The number of rotatable bonds is 29. The number of Topliss-reactive ketones (excluding diaryl/α,β-unsaturated/α-hetero) is 2. The summed E-state index contributed by atoms with van der Waals surface area (Å²) in [5.74, 6) is -2.58. The summed E-state index contributed by atoms with van der Waals surface area (Å²) >= 11 is -3.24. The second-order valence-electron chi connectivity index (χ2n) is 29.3. The number of fused-ring (bicyclic) bond motifs is 4. The van der Waals surface area contributed by atoms with Gasteiger partial charge in [0.1, 0.15) is 0 Å². The maximum absolute atomic E-state index is 13.4. The summed E-state index contributed by atoms with van der Waals surface area (Å²) in [5.41, 5.74) is 8.41. The Balaban J connectivity index is 0.000000252. The van der Waals surface area contributed by atoms with Crippen molar-refractivity contribution in [2.24, 2.45) is 10.3 Å². The number of hydrogen-bond donors (Lipinski definition) is 7. The molecule has 9 N–H and O–H groups in total. The van der Waals surface area contributed by atoms with Crippen molar-refractivity contribution < 1.29 is 82.9 Å². The van der Waals surface area contributed by atoms with E-state index in [0.717, 1.165) is 85.3 Å². The molecule has 131 heavy (non-hydrogen) atoms. The molecule has 2 aliphatic rings. The van der Waals surface area contributed by atoms with Gasteiger partial charge in [0.25, 0.3) is 20.0 Å². The Labute approximate surface area is 807 Å². The van der Waals surface area contributed by atoms with Crippen LogP contribution in [-0.4, -0.2) is 380 Å². The number of carboxylic acid groups (broad SMARTS) is 2. The van der Waals surface area contributed by atoms with Gasteiger partial charge in [0.05, 0.1) is 86.3 Å². The molecule has 12 aromatic rings. The van der Waals surface area contributed by atoms with Crippen LogP contribution in [0.5, 0.6) is 0 Å². The fourth-order valence-corrected chi connectivity index (χ4v) is 18.9. The van der Waals surface area contributed by atoms with Gasteiger partial charge >= 0.3 is 81.6 Å². The molecule has 57 heteroatoms. The average Bonchev–Trinajstić information content (AvgIpc) is 1.65. The number of nitrogens with zero attached hydrogens (tertiary/aromatic N) is 20. The van der Waals surface area contributed by atoms with E-state index in [-0.39, 0.29) is 126 Å². The molecule has 10 heterocycles. The molecule has 694 valence electrons. The predicted molar refractivity (Wildman–Crippen MR) is 493 cm³/mol. The first-order valence-corrected chi connectivity index (χ1v) is 60.3. The van der Waals surface area contributed by atoms with Crippen molar-refractivity contribution >= 4 is 240 Å². The summed E-state index contributed by atoms with van der Waals surface area (Å²) in [5, 5.41) is 54.4. The molecule has 4 aromatic carbocycles. The Hall–Kier alpha value is -8.19. The van der Waals surface area contributed by atoms with Gasteiger partial charge in [-0.2, -0.15) is 9.59 Å². The number of nitrogens with two attached hydrogens (primary N) is 2. The summed E-state index contributed by atoms with van der Waals surface area (Å²) in [6, 6.07) is 29.2. The third-order valence-electron chi connectivity index (χ3n) is 19.9. The molecule has 0 spiro atoms. The first kappa shape index (κ1) is 105. The number of amides is 2. The van der Waals surface area contributed by atoms with E-state index in [1.54, 1.807) is 78.2 Å².